The lowest BCUT2D eigenvalue weighted by Crippen LogP contribution is -2.50. The van der Waals surface area contributed by atoms with Crippen molar-refractivity contribution in [1.29, 1.82) is 0 Å². The van der Waals surface area contributed by atoms with E-state index in [4.69, 9.17) is 0 Å². The van der Waals surface area contributed by atoms with Gasteiger partial charge in [0, 0.05) is 25.1 Å². The van der Waals surface area contributed by atoms with Gasteiger partial charge >= 0.3 is 0 Å². The van der Waals surface area contributed by atoms with Gasteiger partial charge in [-0.15, -0.1) is 0 Å². The van der Waals surface area contributed by atoms with E-state index in [1.165, 1.54) is 0 Å². The van der Waals surface area contributed by atoms with Crippen molar-refractivity contribution in [1.82, 2.24) is 10.2 Å². The molecule has 0 saturated carbocycles. The topological polar surface area (TPSA) is 66.5 Å². The maximum Gasteiger partial charge on any atom is 0.243 e. The van der Waals surface area contributed by atoms with Gasteiger partial charge in [0.1, 0.15) is 6.29 Å². The molecule has 19 heavy (non-hydrogen) atoms. The molecule has 2 aliphatic heterocycles. The summed E-state index contributed by atoms with van der Waals surface area (Å²) >= 11 is 0. The third-order valence-electron chi connectivity index (χ3n) is 3.82. The van der Waals surface area contributed by atoms with Gasteiger partial charge in [0.2, 0.25) is 11.8 Å². The van der Waals surface area contributed by atoms with Gasteiger partial charge in [0.05, 0.1) is 6.04 Å². The maximum absolute atomic E-state index is 11.9. The number of carbonyl (C=O) groups is 3. The van der Waals surface area contributed by atoms with Crippen LogP contribution in [0.15, 0.2) is 18.2 Å². The van der Waals surface area contributed by atoms with E-state index >= 15 is 0 Å². The van der Waals surface area contributed by atoms with E-state index in [0.717, 1.165) is 17.4 Å². The van der Waals surface area contributed by atoms with E-state index in [2.05, 4.69) is 5.32 Å². The first kappa shape index (κ1) is 12.0. The molecule has 1 N–H and O–H groups in total. The molecule has 2 amide bonds. The van der Waals surface area contributed by atoms with Crippen LogP contribution >= 0.6 is 0 Å². The van der Waals surface area contributed by atoms with Crippen molar-refractivity contribution < 1.29 is 14.4 Å². The molecule has 1 aromatic carbocycles. The van der Waals surface area contributed by atoms with E-state index in [-0.39, 0.29) is 17.9 Å². The van der Waals surface area contributed by atoms with Crippen LogP contribution in [0.2, 0.25) is 0 Å². The lowest BCUT2D eigenvalue weighted by Gasteiger charge is -2.29. The zero-order valence-electron chi connectivity index (χ0n) is 10.4. The highest BCUT2D eigenvalue weighted by molar-refractivity contribution is 6.00. The van der Waals surface area contributed by atoms with Gasteiger partial charge in [0.25, 0.3) is 0 Å². The fraction of sp³-hybridized carbons (Fsp3) is 0.357. The summed E-state index contributed by atoms with van der Waals surface area (Å²) in [5.74, 6) is -0.428. The quantitative estimate of drug-likeness (QED) is 0.624. The van der Waals surface area contributed by atoms with E-state index in [9.17, 15) is 14.4 Å². The monoisotopic (exact) mass is 258 g/mol. The summed E-state index contributed by atoms with van der Waals surface area (Å²) in [5, 5.41) is 2.37. The number of imide groups is 1. The Balaban J connectivity index is 1.82. The molecule has 0 radical (unpaired) electrons. The summed E-state index contributed by atoms with van der Waals surface area (Å²) in [4.78, 5) is 36.1. The fourth-order valence-electron chi connectivity index (χ4n) is 2.83. The predicted octanol–water partition coefficient (Wildman–Crippen LogP) is 0.620. The zero-order valence-corrected chi connectivity index (χ0v) is 10.4. The number of hydrogen-bond donors (Lipinski definition) is 1. The highest BCUT2D eigenvalue weighted by Gasteiger charge is 2.35. The molecule has 0 aliphatic carbocycles. The standard InChI is InChI=1S/C14H14N2O3/c17-8-10-3-1-2-9-6-16(7-11(9)10)12-4-5-13(18)15-14(12)19/h1-3,8,12H,4-7H2,(H,15,18,19). The lowest BCUT2D eigenvalue weighted by molar-refractivity contribution is -0.137. The molecule has 1 saturated heterocycles. The second-order valence-corrected chi connectivity index (χ2v) is 4.97. The minimum atomic E-state index is -0.274. The van der Waals surface area contributed by atoms with Crippen molar-refractivity contribution in [2.45, 2.75) is 32.0 Å². The minimum Gasteiger partial charge on any atom is -0.298 e. The van der Waals surface area contributed by atoms with Gasteiger partial charge in [0.15, 0.2) is 0 Å². The molecule has 2 aliphatic rings. The van der Waals surface area contributed by atoms with Crippen molar-refractivity contribution in [2.75, 3.05) is 0 Å². The number of amides is 2. The molecular formula is C14H14N2O3. The van der Waals surface area contributed by atoms with Crippen molar-refractivity contribution in [2.24, 2.45) is 0 Å². The van der Waals surface area contributed by atoms with Crippen LogP contribution in [0.3, 0.4) is 0 Å². The molecule has 5 nitrogen and oxygen atoms in total. The number of piperidine rings is 1. The smallest absolute Gasteiger partial charge is 0.243 e. The van der Waals surface area contributed by atoms with Gasteiger partial charge in [-0.2, -0.15) is 0 Å². The molecule has 3 rings (SSSR count). The second kappa shape index (κ2) is 4.59. The Morgan fingerprint density at radius 3 is 2.84 bits per heavy atom. The third kappa shape index (κ3) is 2.06. The molecule has 0 bridgehead atoms. The molecule has 5 heteroatoms. The number of carbonyl (C=O) groups excluding carboxylic acids is 3. The Kier molecular flexibility index (Phi) is 2.91. The number of rotatable bonds is 2. The average molecular weight is 258 g/mol. The summed E-state index contributed by atoms with van der Waals surface area (Å²) in [5.41, 5.74) is 2.78. The van der Waals surface area contributed by atoms with Gasteiger partial charge < -0.3 is 0 Å². The van der Waals surface area contributed by atoms with Crippen molar-refractivity contribution >= 4 is 18.1 Å². The molecular weight excluding hydrogens is 244 g/mol. The first-order valence-corrected chi connectivity index (χ1v) is 6.32. The average Bonchev–Trinajstić information content (AvgIpc) is 2.81. The van der Waals surface area contributed by atoms with E-state index < -0.39 is 0 Å². The third-order valence-corrected chi connectivity index (χ3v) is 3.82. The molecule has 1 unspecified atom stereocenters. The molecule has 1 aromatic rings. The van der Waals surface area contributed by atoms with Gasteiger partial charge in [-0.3, -0.25) is 24.6 Å². The van der Waals surface area contributed by atoms with Crippen LogP contribution in [0.1, 0.15) is 34.3 Å². The zero-order chi connectivity index (χ0) is 13.4. The van der Waals surface area contributed by atoms with Gasteiger partial charge in [-0.05, 0) is 17.5 Å². The first-order valence-electron chi connectivity index (χ1n) is 6.32. The molecule has 1 fully saturated rings. The number of benzene rings is 1. The molecule has 1 atom stereocenters. The number of nitrogens with one attached hydrogen (secondary N) is 1. The summed E-state index contributed by atoms with van der Waals surface area (Å²) in [6.45, 7) is 1.25. The summed E-state index contributed by atoms with van der Waals surface area (Å²) < 4.78 is 0. The van der Waals surface area contributed by atoms with Crippen molar-refractivity contribution in [3.8, 4) is 0 Å². The molecule has 0 aromatic heterocycles. The van der Waals surface area contributed by atoms with E-state index in [1.54, 1.807) is 6.07 Å². The van der Waals surface area contributed by atoms with Crippen molar-refractivity contribution in [3.05, 3.63) is 34.9 Å². The highest BCUT2D eigenvalue weighted by atomic mass is 16.2. The summed E-state index contributed by atoms with van der Waals surface area (Å²) in [7, 11) is 0. The van der Waals surface area contributed by atoms with Crippen LogP contribution in [0.25, 0.3) is 0 Å². The van der Waals surface area contributed by atoms with Gasteiger partial charge in [-0.25, -0.2) is 0 Å². The van der Waals surface area contributed by atoms with Crippen LogP contribution in [0, 0.1) is 0 Å². The van der Waals surface area contributed by atoms with Crippen LogP contribution in [0.4, 0.5) is 0 Å². The molecule has 98 valence electrons. The van der Waals surface area contributed by atoms with Gasteiger partial charge in [-0.1, -0.05) is 18.2 Å². The van der Waals surface area contributed by atoms with Crippen LogP contribution in [-0.4, -0.2) is 29.0 Å². The molecule has 2 heterocycles. The minimum absolute atomic E-state index is 0.202. The Morgan fingerprint density at radius 1 is 1.26 bits per heavy atom. The first-order chi connectivity index (χ1) is 9.19. The lowest BCUT2D eigenvalue weighted by atomic mass is 10.0. The Bertz CT molecular complexity index is 568. The Labute approximate surface area is 110 Å². The second-order valence-electron chi connectivity index (χ2n) is 4.97. The number of fused-ring (bicyclic) bond motifs is 1. The normalized spacial score (nSPS) is 23.1. The van der Waals surface area contributed by atoms with E-state index in [1.807, 2.05) is 17.0 Å². The van der Waals surface area contributed by atoms with Crippen LogP contribution < -0.4 is 5.32 Å². The Morgan fingerprint density at radius 2 is 2.11 bits per heavy atom. The summed E-state index contributed by atoms with van der Waals surface area (Å²) in [6, 6.07) is 5.36. The number of hydrogen-bond acceptors (Lipinski definition) is 4. The predicted molar refractivity (Wildman–Crippen MR) is 67.2 cm³/mol. The Hall–Kier alpha value is -2.01. The maximum atomic E-state index is 11.9. The SMILES string of the molecule is O=Cc1cccc2c1CN(C1CCC(=O)NC1=O)C2. The van der Waals surface area contributed by atoms with Crippen LogP contribution in [0.5, 0.6) is 0 Å². The number of nitrogens with zero attached hydrogens (tertiary/aromatic N) is 1. The van der Waals surface area contributed by atoms with E-state index in [0.29, 0.717) is 31.5 Å². The fourth-order valence-corrected chi connectivity index (χ4v) is 2.83. The van der Waals surface area contributed by atoms with Crippen molar-refractivity contribution in [3.63, 3.8) is 0 Å². The largest absolute Gasteiger partial charge is 0.298 e. The molecule has 0 spiro atoms. The number of aldehydes is 1. The van der Waals surface area contributed by atoms with Crippen LogP contribution in [-0.2, 0) is 22.7 Å². The highest BCUT2D eigenvalue weighted by Crippen LogP contribution is 2.28. The summed E-state index contributed by atoms with van der Waals surface area (Å²) in [6.07, 6.45) is 1.78.